The van der Waals surface area contributed by atoms with Crippen LogP contribution in [0.4, 0.5) is 0 Å². The predicted octanol–water partition coefficient (Wildman–Crippen LogP) is 2.56. The summed E-state index contributed by atoms with van der Waals surface area (Å²) in [6.07, 6.45) is 3.68. The Morgan fingerprint density at radius 3 is 2.59 bits per heavy atom. The van der Waals surface area contributed by atoms with Gasteiger partial charge < -0.3 is 19.3 Å². The molecule has 2 aliphatic heterocycles. The second-order valence-electron chi connectivity index (χ2n) is 8.13. The van der Waals surface area contributed by atoms with Gasteiger partial charge in [0.15, 0.2) is 5.82 Å². The molecule has 3 heterocycles. The Labute approximate surface area is 188 Å². The molecule has 0 aliphatic carbocycles. The number of benzene rings is 1. The van der Waals surface area contributed by atoms with E-state index in [1.54, 1.807) is 11.1 Å². The van der Waals surface area contributed by atoms with Crippen molar-refractivity contribution in [2.45, 2.75) is 39.2 Å². The lowest BCUT2D eigenvalue weighted by Crippen LogP contribution is -2.41. The van der Waals surface area contributed by atoms with Crippen molar-refractivity contribution in [1.29, 1.82) is 0 Å². The highest BCUT2D eigenvalue weighted by Crippen LogP contribution is 2.31. The van der Waals surface area contributed by atoms with Gasteiger partial charge in [0.05, 0.1) is 43.5 Å². The SMILES string of the molecule is CCOc1ccc(CC(=O)N2CCC[C@@H]2c2ncc(C(=O)N3CCOCC3)c(C)n2)cc1. The Morgan fingerprint density at radius 2 is 1.91 bits per heavy atom. The molecule has 2 amide bonds. The summed E-state index contributed by atoms with van der Waals surface area (Å²) >= 11 is 0. The third kappa shape index (κ3) is 4.91. The number of aromatic nitrogens is 2. The van der Waals surface area contributed by atoms with Crippen LogP contribution in [-0.2, 0) is 16.0 Å². The summed E-state index contributed by atoms with van der Waals surface area (Å²) in [6, 6.07) is 7.49. The molecule has 8 heteroatoms. The first-order chi connectivity index (χ1) is 15.6. The molecule has 0 radical (unpaired) electrons. The van der Waals surface area contributed by atoms with E-state index in [9.17, 15) is 9.59 Å². The minimum absolute atomic E-state index is 0.0615. The fourth-order valence-electron chi connectivity index (χ4n) is 4.27. The van der Waals surface area contributed by atoms with E-state index in [1.807, 2.05) is 43.0 Å². The van der Waals surface area contributed by atoms with Gasteiger partial charge in [-0.1, -0.05) is 12.1 Å². The molecule has 0 spiro atoms. The van der Waals surface area contributed by atoms with Crippen molar-refractivity contribution in [3.63, 3.8) is 0 Å². The standard InChI is InChI=1S/C24H30N4O4/c1-3-32-19-8-6-18(7-9-19)15-22(29)28-10-4-5-21(28)23-25-16-20(17(2)26-23)24(30)27-11-13-31-14-12-27/h6-9,16,21H,3-5,10-15H2,1-2H3/t21-/m1/s1. The maximum Gasteiger partial charge on any atom is 0.257 e. The van der Waals surface area contributed by atoms with Crippen molar-refractivity contribution in [2.75, 3.05) is 39.5 Å². The third-order valence-electron chi connectivity index (χ3n) is 5.99. The van der Waals surface area contributed by atoms with Crippen LogP contribution in [-0.4, -0.2) is 71.0 Å². The van der Waals surface area contributed by atoms with E-state index in [2.05, 4.69) is 9.97 Å². The van der Waals surface area contributed by atoms with Gasteiger partial charge in [0.2, 0.25) is 5.91 Å². The molecule has 2 saturated heterocycles. The Hall–Kier alpha value is -3.00. The van der Waals surface area contributed by atoms with Gasteiger partial charge in [-0.2, -0.15) is 0 Å². The molecule has 1 aromatic carbocycles. The van der Waals surface area contributed by atoms with Crippen molar-refractivity contribution < 1.29 is 19.1 Å². The van der Waals surface area contributed by atoms with Crippen LogP contribution in [0.3, 0.4) is 0 Å². The Bertz CT molecular complexity index is 957. The van der Waals surface area contributed by atoms with Crippen LogP contribution < -0.4 is 4.74 Å². The van der Waals surface area contributed by atoms with Crippen molar-refractivity contribution >= 4 is 11.8 Å². The molecular weight excluding hydrogens is 408 g/mol. The lowest BCUT2D eigenvalue weighted by molar-refractivity contribution is -0.131. The zero-order chi connectivity index (χ0) is 22.5. The Kier molecular flexibility index (Phi) is 6.99. The molecule has 32 heavy (non-hydrogen) atoms. The van der Waals surface area contributed by atoms with Crippen molar-refractivity contribution in [1.82, 2.24) is 19.8 Å². The summed E-state index contributed by atoms with van der Waals surface area (Å²) in [7, 11) is 0. The molecule has 8 nitrogen and oxygen atoms in total. The number of nitrogens with zero attached hydrogens (tertiary/aromatic N) is 4. The molecule has 0 unspecified atom stereocenters. The van der Waals surface area contributed by atoms with Crippen LogP contribution in [0, 0.1) is 6.92 Å². The summed E-state index contributed by atoms with van der Waals surface area (Å²) in [4.78, 5) is 38.6. The zero-order valence-corrected chi connectivity index (χ0v) is 18.7. The number of carbonyl (C=O) groups is 2. The van der Waals surface area contributed by atoms with Crippen molar-refractivity contribution in [2.24, 2.45) is 0 Å². The number of hydrogen-bond donors (Lipinski definition) is 0. The van der Waals surface area contributed by atoms with Gasteiger partial charge in [-0.25, -0.2) is 9.97 Å². The van der Waals surface area contributed by atoms with Crippen LogP contribution in [0.5, 0.6) is 5.75 Å². The summed E-state index contributed by atoms with van der Waals surface area (Å²) < 4.78 is 10.8. The maximum atomic E-state index is 13.0. The smallest absolute Gasteiger partial charge is 0.257 e. The highest BCUT2D eigenvalue weighted by molar-refractivity contribution is 5.95. The summed E-state index contributed by atoms with van der Waals surface area (Å²) in [6.45, 7) is 7.35. The lowest BCUT2D eigenvalue weighted by atomic mass is 10.1. The minimum Gasteiger partial charge on any atom is -0.494 e. The molecule has 2 fully saturated rings. The van der Waals surface area contributed by atoms with E-state index >= 15 is 0 Å². The van der Waals surface area contributed by atoms with Crippen LogP contribution in [0.25, 0.3) is 0 Å². The maximum absolute atomic E-state index is 13.0. The van der Waals surface area contributed by atoms with Gasteiger partial charge in [0.25, 0.3) is 5.91 Å². The topological polar surface area (TPSA) is 84.9 Å². The largest absolute Gasteiger partial charge is 0.494 e. The number of ether oxygens (including phenoxy) is 2. The number of hydrogen-bond acceptors (Lipinski definition) is 6. The van der Waals surface area contributed by atoms with Gasteiger partial charge in [0.1, 0.15) is 5.75 Å². The molecule has 4 rings (SSSR count). The first kappa shape index (κ1) is 22.2. The van der Waals surface area contributed by atoms with E-state index in [-0.39, 0.29) is 17.9 Å². The van der Waals surface area contributed by atoms with Gasteiger partial charge >= 0.3 is 0 Å². The van der Waals surface area contributed by atoms with E-state index in [0.29, 0.717) is 63.0 Å². The number of carbonyl (C=O) groups excluding carboxylic acids is 2. The second-order valence-corrected chi connectivity index (χ2v) is 8.13. The second kappa shape index (κ2) is 10.1. The van der Waals surface area contributed by atoms with Gasteiger partial charge in [-0.05, 0) is 44.4 Å². The average Bonchev–Trinajstić information content (AvgIpc) is 3.31. The molecule has 170 valence electrons. The highest BCUT2D eigenvalue weighted by Gasteiger charge is 2.32. The highest BCUT2D eigenvalue weighted by atomic mass is 16.5. The van der Waals surface area contributed by atoms with E-state index in [4.69, 9.17) is 9.47 Å². The number of amides is 2. The summed E-state index contributed by atoms with van der Waals surface area (Å²) in [5.74, 6) is 1.41. The van der Waals surface area contributed by atoms with Crippen LogP contribution >= 0.6 is 0 Å². The molecule has 1 atom stereocenters. The first-order valence-corrected chi connectivity index (χ1v) is 11.3. The fraction of sp³-hybridized carbons (Fsp3) is 0.500. The minimum atomic E-state index is -0.156. The molecule has 0 N–H and O–H groups in total. The molecule has 0 saturated carbocycles. The number of morpholine rings is 1. The third-order valence-corrected chi connectivity index (χ3v) is 5.99. The van der Waals surface area contributed by atoms with E-state index < -0.39 is 0 Å². The fourth-order valence-corrected chi connectivity index (χ4v) is 4.27. The van der Waals surface area contributed by atoms with E-state index in [1.165, 1.54) is 0 Å². The summed E-state index contributed by atoms with van der Waals surface area (Å²) in [5.41, 5.74) is 2.12. The molecular formula is C24H30N4O4. The average molecular weight is 439 g/mol. The molecule has 0 bridgehead atoms. The number of rotatable bonds is 6. The normalized spacial score (nSPS) is 18.6. The number of likely N-dealkylation sites (tertiary alicyclic amines) is 1. The molecule has 2 aliphatic rings. The van der Waals surface area contributed by atoms with Crippen molar-refractivity contribution in [3.05, 3.63) is 53.1 Å². The van der Waals surface area contributed by atoms with Crippen molar-refractivity contribution in [3.8, 4) is 5.75 Å². The Morgan fingerprint density at radius 1 is 1.16 bits per heavy atom. The lowest BCUT2D eigenvalue weighted by Gasteiger charge is -2.27. The van der Waals surface area contributed by atoms with Crippen LogP contribution in [0.1, 0.15) is 53.2 Å². The van der Waals surface area contributed by atoms with Gasteiger partial charge in [-0.3, -0.25) is 9.59 Å². The Balaban J connectivity index is 1.44. The summed E-state index contributed by atoms with van der Waals surface area (Å²) in [5, 5.41) is 0. The predicted molar refractivity (Wildman–Crippen MR) is 118 cm³/mol. The molecule has 1 aromatic heterocycles. The first-order valence-electron chi connectivity index (χ1n) is 11.3. The quantitative estimate of drug-likeness (QED) is 0.689. The van der Waals surface area contributed by atoms with Gasteiger partial charge in [-0.15, -0.1) is 0 Å². The molecule has 2 aromatic rings. The van der Waals surface area contributed by atoms with Crippen LogP contribution in [0.2, 0.25) is 0 Å². The van der Waals surface area contributed by atoms with Gasteiger partial charge in [0, 0.05) is 25.8 Å². The number of aryl methyl sites for hydroxylation is 1. The zero-order valence-electron chi connectivity index (χ0n) is 18.7. The van der Waals surface area contributed by atoms with E-state index in [0.717, 1.165) is 24.2 Å². The monoisotopic (exact) mass is 438 g/mol. The van der Waals surface area contributed by atoms with Crippen LogP contribution in [0.15, 0.2) is 30.5 Å².